The van der Waals surface area contributed by atoms with Crippen LogP contribution in [0.3, 0.4) is 0 Å². The van der Waals surface area contributed by atoms with Gasteiger partial charge < -0.3 is 10.6 Å². The summed E-state index contributed by atoms with van der Waals surface area (Å²) in [6, 6.07) is 8.10. The molecule has 0 radical (unpaired) electrons. The second-order valence-corrected chi connectivity index (χ2v) is 5.04. The minimum Gasteiger partial charge on any atom is -0.384 e. The molecule has 1 unspecified atom stereocenters. The van der Waals surface area contributed by atoms with E-state index in [1.165, 1.54) is 25.8 Å². The number of para-hydroxylation sites is 1. The number of nitrogens with zero attached hydrogens (tertiary/aromatic N) is 1. The van der Waals surface area contributed by atoms with Crippen molar-refractivity contribution in [3.63, 3.8) is 0 Å². The van der Waals surface area contributed by atoms with Crippen LogP contribution in [0.5, 0.6) is 0 Å². The molecule has 2 N–H and O–H groups in total. The summed E-state index contributed by atoms with van der Waals surface area (Å²) < 4.78 is 0. The Balaban J connectivity index is 1.88. The maximum atomic E-state index is 9.09. The number of nitriles is 1. The fourth-order valence-electron chi connectivity index (χ4n) is 2.57. The van der Waals surface area contributed by atoms with Gasteiger partial charge in [-0.05, 0) is 56.8 Å². The van der Waals surface area contributed by atoms with Gasteiger partial charge in [0.2, 0.25) is 0 Å². The summed E-state index contributed by atoms with van der Waals surface area (Å²) in [5.41, 5.74) is 2.90. The lowest BCUT2D eigenvalue weighted by Gasteiger charge is -2.23. The van der Waals surface area contributed by atoms with E-state index in [0.29, 0.717) is 0 Å². The Morgan fingerprint density at radius 1 is 1.50 bits per heavy atom. The molecule has 1 fully saturated rings. The van der Waals surface area contributed by atoms with E-state index in [0.717, 1.165) is 35.8 Å². The summed E-state index contributed by atoms with van der Waals surface area (Å²) >= 11 is 0. The molecule has 0 spiro atoms. The lowest BCUT2D eigenvalue weighted by molar-refractivity contribution is 0.364. The average Bonchev–Trinajstić information content (AvgIpc) is 2.41. The monoisotopic (exact) mass is 243 g/mol. The quantitative estimate of drug-likeness (QED) is 0.854. The number of rotatable bonds is 4. The van der Waals surface area contributed by atoms with Crippen molar-refractivity contribution in [3.05, 3.63) is 29.3 Å². The summed E-state index contributed by atoms with van der Waals surface area (Å²) in [7, 11) is 0. The first-order valence-electron chi connectivity index (χ1n) is 6.75. The summed E-state index contributed by atoms with van der Waals surface area (Å²) in [5.74, 6) is 0.779. The van der Waals surface area contributed by atoms with Crippen LogP contribution >= 0.6 is 0 Å². The van der Waals surface area contributed by atoms with Crippen LogP contribution in [0.1, 0.15) is 30.4 Å². The van der Waals surface area contributed by atoms with Gasteiger partial charge in [-0.3, -0.25) is 0 Å². The number of benzene rings is 1. The lowest BCUT2D eigenvalue weighted by Crippen LogP contribution is -2.30. The van der Waals surface area contributed by atoms with Crippen LogP contribution in [0, 0.1) is 24.2 Å². The maximum Gasteiger partial charge on any atom is 0.101 e. The topological polar surface area (TPSA) is 47.9 Å². The largest absolute Gasteiger partial charge is 0.384 e. The summed E-state index contributed by atoms with van der Waals surface area (Å²) in [6.07, 6.45) is 3.79. The second kappa shape index (κ2) is 6.42. The highest BCUT2D eigenvalue weighted by atomic mass is 14.9. The molecule has 1 aromatic rings. The van der Waals surface area contributed by atoms with Crippen LogP contribution in [0.2, 0.25) is 0 Å². The third kappa shape index (κ3) is 3.24. The fraction of sp³-hybridized carbons (Fsp3) is 0.533. The predicted molar refractivity (Wildman–Crippen MR) is 74.6 cm³/mol. The van der Waals surface area contributed by atoms with Crippen molar-refractivity contribution in [1.82, 2.24) is 5.32 Å². The van der Waals surface area contributed by atoms with Crippen molar-refractivity contribution >= 4 is 5.69 Å². The standard InChI is InChI=1S/C15H21N3/c1-12-4-2-6-14(10-16)15(12)18-9-7-13-5-3-8-17-11-13/h2,4,6,13,17-18H,3,5,7-9,11H2,1H3. The molecule has 2 rings (SSSR count). The molecule has 1 saturated heterocycles. The van der Waals surface area contributed by atoms with Gasteiger partial charge in [-0.1, -0.05) is 12.1 Å². The zero-order valence-electron chi connectivity index (χ0n) is 11.0. The molecule has 1 atom stereocenters. The second-order valence-electron chi connectivity index (χ2n) is 5.04. The van der Waals surface area contributed by atoms with E-state index >= 15 is 0 Å². The maximum absolute atomic E-state index is 9.09. The normalized spacial score (nSPS) is 19.2. The van der Waals surface area contributed by atoms with E-state index in [9.17, 15) is 0 Å². The minimum atomic E-state index is 0.747. The van der Waals surface area contributed by atoms with E-state index in [2.05, 4.69) is 16.7 Å². The van der Waals surface area contributed by atoms with Gasteiger partial charge >= 0.3 is 0 Å². The molecule has 18 heavy (non-hydrogen) atoms. The van der Waals surface area contributed by atoms with Gasteiger partial charge in [0.05, 0.1) is 11.3 Å². The van der Waals surface area contributed by atoms with Crippen LogP contribution in [0.25, 0.3) is 0 Å². The van der Waals surface area contributed by atoms with Gasteiger partial charge in [0.15, 0.2) is 0 Å². The lowest BCUT2D eigenvalue weighted by atomic mass is 9.96. The number of aryl methyl sites for hydroxylation is 1. The molecule has 1 aliphatic heterocycles. The molecule has 0 amide bonds. The van der Waals surface area contributed by atoms with Crippen LogP contribution in [0.15, 0.2) is 18.2 Å². The summed E-state index contributed by atoms with van der Waals surface area (Å²) in [6.45, 7) is 5.30. The highest BCUT2D eigenvalue weighted by Gasteiger charge is 2.12. The Morgan fingerprint density at radius 3 is 3.11 bits per heavy atom. The van der Waals surface area contributed by atoms with Crippen molar-refractivity contribution in [1.29, 1.82) is 5.26 Å². The number of hydrogen-bond donors (Lipinski definition) is 2. The molecule has 1 aromatic carbocycles. The Morgan fingerprint density at radius 2 is 2.39 bits per heavy atom. The molecular formula is C15H21N3. The SMILES string of the molecule is Cc1cccc(C#N)c1NCCC1CCCNC1. The van der Waals surface area contributed by atoms with Crippen LogP contribution in [-0.4, -0.2) is 19.6 Å². The zero-order valence-corrected chi connectivity index (χ0v) is 11.0. The van der Waals surface area contributed by atoms with Crippen molar-refractivity contribution in [2.75, 3.05) is 25.0 Å². The summed E-state index contributed by atoms with van der Waals surface area (Å²) in [5, 5.41) is 16.0. The van der Waals surface area contributed by atoms with E-state index < -0.39 is 0 Å². The first kappa shape index (κ1) is 12.9. The molecule has 96 valence electrons. The third-order valence-corrected chi connectivity index (χ3v) is 3.65. The van der Waals surface area contributed by atoms with Crippen LogP contribution in [0.4, 0.5) is 5.69 Å². The number of hydrogen-bond acceptors (Lipinski definition) is 3. The molecule has 1 aliphatic rings. The molecule has 3 nitrogen and oxygen atoms in total. The Labute approximate surface area is 109 Å². The van der Waals surface area contributed by atoms with Gasteiger partial charge in [-0.15, -0.1) is 0 Å². The highest BCUT2D eigenvalue weighted by Crippen LogP contribution is 2.20. The first-order valence-corrected chi connectivity index (χ1v) is 6.75. The van der Waals surface area contributed by atoms with E-state index in [1.807, 2.05) is 25.1 Å². The zero-order chi connectivity index (χ0) is 12.8. The van der Waals surface area contributed by atoms with Crippen LogP contribution < -0.4 is 10.6 Å². The van der Waals surface area contributed by atoms with Gasteiger partial charge in [0.25, 0.3) is 0 Å². The average molecular weight is 243 g/mol. The van der Waals surface area contributed by atoms with Gasteiger partial charge in [-0.2, -0.15) is 5.26 Å². The fourth-order valence-corrected chi connectivity index (χ4v) is 2.57. The van der Waals surface area contributed by atoms with Crippen LogP contribution in [-0.2, 0) is 0 Å². The Kier molecular flexibility index (Phi) is 4.60. The van der Waals surface area contributed by atoms with Gasteiger partial charge in [0.1, 0.15) is 6.07 Å². The van der Waals surface area contributed by atoms with Gasteiger partial charge in [-0.25, -0.2) is 0 Å². The number of nitrogens with one attached hydrogen (secondary N) is 2. The molecule has 0 bridgehead atoms. The van der Waals surface area contributed by atoms with Crippen molar-refractivity contribution in [2.24, 2.45) is 5.92 Å². The third-order valence-electron chi connectivity index (χ3n) is 3.65. The smallest absolute Gasteiger partial charge is 0.101 e. The molecule has 1 heterocycles. The molecule has 0 aliphatic carbocycles. The molecule has 0 saturated carbocycles. The van der Waals surface area contributed by atoms with E-state index in [4.69, 9.17) is 5.26 Å². The highest BCUT2D eigenvalue weighted by molar-refractivity contribution is 5.62. The number of anilines is 1. The van der Waals surface area contributed by atoms with Crippen molar-refractivity contribution in [2.45, 2.75) is 26.2 Å². The molecule has 0 aromatic heterocycles. The van der Waals surface area contributed by atoms with Crippen molar-refractivity contribution < 1.29 is 0 Å². The van der Waals surface area contributed by atoms with E-state index in [1.54, 1.807) is 0 Å². The molecule has 3 heteroatoms. The minimum absolute atomic E-state index is 0.747. The van der Waals surface area contributed by atoms with Crippen molar-refractivity contribution in [3.8, 4) is 6.07 Å². The first-order chi connectivity index (χ1) is 8.81. The number of piperidine rings is 1. The van der Waals surface area contributed by atoms with E-state index in [-0.39, 0.29) is 0 Å². The van der Waals surface area contributed by atoms with Gasteiger partial charge in [0, 0.05) is 6.54 Å². The predicted octanol–water partition coefficient (Wildman–Crippen LogP) is 2.67. The summed E-state index contributed by atoms with van der Waals surface area (Å²) in [4.78, 5) is 0. The molecular weight excluding hydrogens is 222 g/mol. The Bertz CT molecular complexity index is 428. The Hall–Kier alpha value is -1.53.